The predicted molar refractivity (Wildman–Crippen MR) is 33.8 cm³/mol. The van der Waals surface area contributed by atoms with Crippen LogP contribution < -0.4 is 0 Å². The van der Waals surface area contributed by atoms with Crippen molar-refractivity contribution in [2.45, 2.75) is 0 Å². The van der Waals surface area contributed by atoms with Crippen LogP contribution in [0.4, 0.5) is 0 Å². The van der Waals surface area contributed by atoms with Gasteiger partial charge in [0.25, 0.3) is 0 Å². The fraction of sp³-hybridized carbons (Fsp3) is 0. The molecule has 0 atom stereocenters. The van der Waals surface area contributed by atoms with Crippen LogP contribution in [0.2, 0.25) is 0 Å². The summed E-state index contributed by atoms with van der Waals surface area (Å²) in [5.74, 6) is 0. The third-order valence-electron chi connectivity index (χ3n) is 0.872. The van der Waals surface area contributed by atoms with Crippen LogP contribution in [0.25, 0.3) is 5.41 Å². The van der Waals surface area contributed by atoms with Crippen LogP contribution in [0.15, 0.2) is 24.3 Å². The van der Waals surface area contributed by atoms with E-state index in [9.17, 15) is 0 Å². The maximum absolute atomic E-state index is 8.38. The maximum Gasteiger partial charge on any atom is 0 e. The average Bonchev–Trinajstić information content (AvgIpc) is 1.90. The predicted octanol–water partition coefficient (Wildman–Crippen LogP) is 1.47. The topological polar surface area (TPSA) is 22.3 Å². The van der Waals surface area contributed by atoms with Crippen molar-refractivity contribution in [2.24, 2.45) is 0 Å². The first kappa shape index (κ1) is 8.99. The fourth-order valence-corrected chi connectivity index (χ4v) is 0.488. The summed E-state index contributed by atoms with van der Waals surface area (Å²) in [5, 5.41) is 8.38. The molecule has 0 unspecified atom stereocenters. The number of nitrogens with zero attached hydrogens (tertiary/aromatic N) is 1. The summed E-state index contributed by atoms with van der Waals surface area (Å²) in [5.41, 5.74) is 0.715. The average molecular weight is 192 g/mol. The van der Waals surface area contributed by atoms with Crippen LogP contribution in [0.5, 0.6) is 0 Å². The van der Waals surface area contributed by atoms with Gasteiger partial charge in [0, 0.05) is 32.7 Å². The molecule has 0 saturated heterocycles. The molecule has 43 valence electrons. The van der Waals surface area contributed by atoms with Crippen molar-refractivity contribution in [1.82, 2.24) is 0 Å². The molecule has 1 aromatic rings. The molecule has 0 fully saturated rings. The van der Waals surface area contributed by atoms with Gasteiger partial charge in [-0.1, -0.05) is 0 Å². The number of rotatable bonds is 1. The van der Waals surface area contributed by atoms with Crippen molar-refractivity contribution in [1.29, 1.82) is 0 Å². The maximum atomic E-state index is 8.38. The van der Waals surface area contributed by atoms with Gasteiger partial charge in [-0.25, -0.2) is 0 Å². The normalized spacial score (nSPS) is 7.56. The molecule has 0 heterocycles. The van der Waals surface area contributed by atoms with E-state index in [0.29, 0.717) is 5.56 Å². The molecule has 1 rings (SSSR count). The molecular formula is C7H5NY-2. The molecule has 0 aliphatic carbocycles. The second-order valence-electron chi connectivity index (χ2n) is 1.45. The summed E-state index contributed by atoms with van der Waals surface area (Å²) in [6.07, 6.45) is 1.03. The van der Waals surface area contributed by atoms with Crippen LogP contribution in [0, 0.1) is 6.07 Å². The van der Waals surface area contributed by atoms with Crippen LogP contribution in [0.3, 0.4) is 0 Å². The van der Waals surface area contributed by atoms with E-state index in [4.69, 9.17) is 5.41 Å². The van der Waals surface area contributed by atoms with E-state index < -0.39 is 0 Å². The SMILES string of the molecule is [N-]=Cc1[c-]cccc1.[Y]. The fourth-order valence-electron chi connectivity index (χ4n) is 0.488. The van der Waals surface area contributed by atoms with Gasteiger partial charge in [0.1, 0.15) is 0 Å². The number of hydrogen-bond acceptors (Lipinski definition) is 0. The molecule has 0 N–H and O–H groups in total. The Balaban J connectivity index is 0.000000640. The Morgan fingerprint density at radius 2 is 2.22 bits per heavy atom. The monoisotopic (exact) mass is 192 g/mol. The first-order valence-corrected chi connectivity index (χ1v) is 2.37. The second-order valence-corrected chi connectivity index (χ2v) is 1.45. The molecule has 9 heavy (non-hydrogen) atoms. The Morgan fingerprint density at radius 3 is 2.56 bits per heavy atom. The van der Waals surface area contributed by atoms with Crippen LogP contribution in [0.1, 0.15) is 5.56 Å². The van der Waals surface area contributed by atoms with Gasteiger partial charge in [-0.05, 0) is 0 Å². The molecular weight excluding hydrogens is 187 g/mol. The Labute approximate surface area is 79.9 Å². The minimum Gasteiger partial charge on any atom is -0.862 e. The molecule has 0 aromatic heterocycles. The van der Waals surface area contributed by atoms with E-state index in [1.54, 1.807) is 12.1 Å². The quantitative estimate of drug-likeness (QED) is 0.475. The largest absolute Gasteiger partial charge is 0.862 e. The molecule has 0 spiro atoms. The zero-order valence-corrected chi connectivity index (χ0v) is 7.75. The van der Waals surface area contributed by atoms with E-state index in [1.165, 1.54) is 0 Å². The van der Waals surface area contributed by atoms with E-state index in [-0.39, 0.29) is 32.7 Å². The van der Waals surface area contributed by atoms with Crippen LogP contribution in [-0.4, -0.2) is 6.21 Å². The summed E-state index contributed by atoms with van der Waals surface area (Å²) >= 11 is 0. The molecule has 0 aliphatic rings. The molecule has 0 saturated carbocycles. The summed E-state index contributed by atoms with van der Waals surface area (Å²) < 4.78 is 0. The van der Waals surface area contributed by atoms with Crippen molar-refractivity contribution in [3.05, 3.63) is 41.3 Å². The van der Waals surface area contributed by atoms with Gasteiger partial charge in [-0.3, -0.25) is 6.21 Å². The van der Waals surface area contributed by atoms with E-state index >= 15 is 0 Å². The molecule has 1 aromatic carbocycles. The Hall–Kier alpha value is -0.00610. The molecule has 1 nitrogen and oxygen atoms in total. The standard InChI is InChI=1S/C7H5N.Y/c8-6-7-4-2-1-3-5-7;/h1-4,6H;/q-2;. The van der Waals surface area contributed by atoms with E-state index in [0.717, 1.165) is 6.21 Å². The third-order valence-corrected chi connectivity index (χ3v) is 0.872. The molecule has 0 bridgehead atoms. The number of benzene rings is 1. The van der Waals surface area contributed by atoms with Gasteiger partial charge in [0.2, 0.25) is 0 Å². The van der Waals surface area contributed by atoms with Crippen molar-refractivity contribution in [3.8, 4) is 0 Å². The van der Waals surface area contributed by atoms with E-state index in [1.807, 2.05) is 12.1 Å². The van der Waals surface area contributed by atoms with Crippen molar-refractivity contribution in [2.75, 3.05) is 0 Å². The van der Waals surface area contributed by atoms with Crippen molar-refractivity contribution >= 4 is 6.21 Å². The Bertz CT molecular complexity index is 172. The zero-order valence-electron chi connectivity index (χ0n) is 4.91. The minimum atomic E-state index is 0. The van der Waals surface area contributed by atoms with Gasteiger partial charge in [-0.2, -0.15) is 5.56 Å². The summed E-state index contributed by atoms with van der Waals surface area (Å²) in [7, 11) is 0. The summed E-state index contributed by atoms with van der Waals surface area (Å²) in [4.78, 5) is 0. The van der Waals surface area contributed by atoms with Crippen LogP contribution >= 0.6 is 0 Å². The number of hydrogen-bond donors (Lipinski definition) is 0. The molecule has 2 heteroatoms. The third kappa shape index (κ3) is 2.88. The summed E-state index contributed by atoms with van der Waals surface area (Å²) in [6, 6.07) is 10.0. The van der Waals surface area contributed by atoms with Gasteiger partial charge < -0.3 is 5.41 Å². The Kier molecular flexibility index (Phi) is 4.83. The molecule has 0 aliphatic heterocycles. The zero-order chi connectivity index (χ0) is 5.82. The smallest absolute Gasteiger partial charge is 0 e. The minimum absolute atomic E-state index is 0. The van der Waals surface area contributed by atoms with Crippen LogP contribution in [-0.2, 0) is 32.7 Å². The Morgan fingerprint density at radius 1 is 1.44 bits per heavy atom. The van der Waals surface area contributed by atoms with Crippen molar-refractivity contribution < 1.29 is 32.7 Å². The first-order valence-electron chi connectivity index (χ1n) is 2.37. The van der Waals surface area contributed by atoms with Gasteiger partial charge >= 0.3 is 0 Å². The summed E-state index contributed by atoms with van der Waals surface area (Å²) in [6.45, 7) is 0. The molecule has 1 radical (unpaired) electrons. The molecule has 0 amide bonds. The van der Waals surface area contributed by atoms with Gasteiger partial charge in [0.15, 0.2) is 0 Å². The second kappa shape index (κ2) is 4.83. The van der Waals surface area contributed by atoms with Gasteiger partial charge in [0.05, 0.1) is 0 Å². The van der Waals surface area contributed by atoms with E-state index in [2.05, 4.69) is 6.07 Å². The van der Waals surface area contributed by atoms with Crippen molar-refractivity contribution in [3.63, 3.8) is 0 Å². The first-order chi connectivity index (χ1) is 3.93. The van der Waals surface area contributed by atoms with Gasteiger partial charge in [-0.15, -0.1) is 30.3 Å².